The Balaban J connectivity index is 2.40. The van der Waals surface area contributed by atoms with E-state index in [1.54, 1.807) is 0 Å². The third-order valence-corrected chi connectivity index (χ3v) is 2.23. The molecule has 1 heterocycles. The number of ether oxygens (including phenoxy) is 1. The molecule has 1 aliphatic rings. The lowest BCUT2D eigenvalue weighted by Gasteiger charge is -2.14. The summed E-state index contributed by atoms with van der Waals surface area (Å²) in [6.07, 6.45) is 3.42. The van der Waals surface area contributed by atoms with Gasteiger partial charge in [-0.3, -0.25) is 4.99 Å². The van der Waals surface area contributed by atoms with E-state index in [9.17, 15) is 0 Å². The standard InChI is InChI=1S/C9H18N2O/c1-3-9(10)11-7(2)8-5-4-6-12-8/h7-8H,3-6H2,1-2H3,(H2,10,11). The van der Waals surface area contributed by atoms with Crippen LogP contribution in [0.3, 0.4) is 0 Å². The first-order valence-corrected chi connectivity index (χ1v) is 4.67. The second-order valence-electron chi connectivity index (χ2n) is 3.27. The van der Waals surface area contributed by atoms with Crippen molar-refractivity contribution in [2.75, 3.05) is 6.61 Å². The fraction of sp³-hybridized carbons (Fsp3) is 0.889. The highest BCUT2D eigenvalue weighted by molar-refractivity contribution is 5.80. The molecule has 2 N–H and O–H groups in total. The minimum absolute atomic E-state index is 0.229. The Hall–Kier alpha value is -0.570. The zero-order chi connectivity index (χ0) is 8.97. The molecule has 1 fully saturated rings. The first-order chi connectivity index (χ1) is 5.74. The third-order valence-electron chi connectivity index (χ3n) is 2.23. The highest BCUT2D eigenvalue weighted by Crippen LogP contribution is 2.17. The van der Waals surface area contributed by atoms with Crippen molar-refractivity contribution in [1.82, 2.24) is 0 Å². The minimum atomic E-state index is 0.229. The van der Waals surface area contributed by atoms with E-state index in [1.807, 2.05) is 6.92 Å². The van der Waals surface area contributed by atoms with E-state index in [4.69, 9.17) is 10.5 Å². The number of hydrogen-bond acceptors (Lipinski definition) is 2. The molecule has 3 heteroatoms. The average molecular weight is 170 g/mol. The van der Waals surface area contributed by atoms with Crippen LogP contribution in [-0.4, -0.2) is 24.6 Å². The summed E-state index contributed by atoms with van der Waals surface area (Å²) in [5, 5.41) is 0. The topological polar surface area (TPSA) is 47.6 Å². The molecule has 0 bridgehead atoms. The summed E-state index contributed by atoms with van der Waals surface area (Å²) in [6.45, 7) is 4.97. The van der Waals surface area contributed by atoms with Gasteiger partial charge in [0, 0.05) is 13.0 Å². The quantitative estimate of drug-likeness (QED) is 0.513. The lowest BCUT2D eigenvalue weighted by atomic mass is 10.1. The van der Waals surface area contributed by atoms with Gasteiger partial charge < -0.3 is 10.5 Å². The van der Waals surface area contributed by atoms with E-state index < -0.39 is 0 Å². The van der Waals surface area contributed by atoms with Gasteiger partial charge in [0.25, 0.3) is 0 Å². The molecular formula is C9H18N2O. The first kappa shape index (κ1) is 9.52. The molecule has 2 unspecified atom stereocenters. The van der Waals surface area contributed by atoms with E-state index >= 15 is 0 Å². The van der Waals surface area contributed by atoms with Gasteiger partial charge >= 0.3 is 0 Å². The first-order valence-electron chi connectivity index (χ1n) is 4.67. The smallest absolute Gasteiger partial charge is 0.0938 e. The van der Waals surface area contributed by atoms with Crippen LogP contribution in [0.15, 0.2) is 4.99 Å². The van der Waals surface area contributed by atoms with E-state index in [1.165, 1.54) is 0 Å². The summed E-state index contributed by atoms with van der Waals surface area (Å²) in [6, 6.07) is 0.229. The number of rotatable bonds is 3. The van der Waals surface area contributed by atoms with Gasteiger partial charge in [-0.2, -0.15) is 0 Å². The lowest BCUT2D eigenvalue weighted by Crippen LogP contribution is -2.24. The summed E-state index contributed by atoms with van der Waals surface area (Å²) in [5.41, 5.74) is 5.64. The fourth-order valence-corrected chi connectivity index (χ4v) is 1.42. The molecule has 1 saturated heterocycles. The van der Waals surface area contributed by atoms with Crippen LogP contribution in [0.1, 0.15) is 33.1 Å². The molecule has 0 radical (unpaired) electrons. The SMILES string of the molecule is CCC(N)=NC(C)C1CCCO1. The van der Waals surface area contributed by atoms with Crippen molar-refractivity contribution >= 4 is 5.84 Å². The van der Waals surface area contributed by atoms with Crippen molar-refractivity contribution in [3.8, 4) is 0 Å². The molecule has 0 aromatic heterocycles. The lowest BCUT2D eigenvalue weighted by molar-refractivity contribution is 0.0952. The van der Waals surface area contributed by atoms with Gasteiger partial charge in [0.15, 0.2) is 0 Å². The van der Waals surface area contributed by atoms with Crippen molar-refractivity contribution < 1.29 is 4.74 Å². The third kappa shape index (κ3) is 2.48. The molecule has 0 amide bonds. The van der Waals surface area contributed by atoms with Gasteiger partial charge in [-0.15, -0.1) is 0 Å². The minimum Gasteiger partial charge on any atom is -0.387 e. The fourth-order valence-electron chi connectivity index (χ4n) is 1.42. The van der Waals surface area contributed by atoms with Gasteiger partial charge in [-0.25, -0.2) is 0 Å². The van der Waals surface area contributed by atoms with E-state index in [-0.39, 0.29) is 6.04 Å². The molecule has 70 valence electrons. The Morgan fingerprint density at radius 2 is 2.50 bits per heavy atom. The van der Waals surface area contributed by atoms with E-state index in [0.717, 1.165) is 31.7 Å². The van der Waals surface area contributed by atoms with Crippen molar-refractivity contribution in [3.05, 3.63) is 0 Å². The number of amidine groups is 1. The van der Waals surface area contributed by atoms with Crippen molar-refractivity contribution in [3.63, 3.8) is 0 Å². The van der Waals surface area contributed by atoms with Gasteiger partial charge in [0.05, 0.1) is 18.0 Å². The molecule has 3 nitrogen and oxygen atoms in total. The molecule has 0 spiro atoms. The van der Waals surface area contributed by atoms with Gasteiger partial charge in [0.2, 0.25) is 0 Å². The second-order valence-corrected chi connectivity index (χ2v) is 3.27. The van der Waals surface area contributed by atoms with Gasteiger partial charge in [-0.05, 0) is 19.8 Å². The van der Waals surface area contributed by atoms with Crippen LogP contribution in [0.4, 0.5) is 0 Å². The second kappa shape index (κ2) is 4.45. The molecule has 2 atom stereocenters. The van der Waals surface area contributed by atoms with Crippen LogP contribution < -0.4 is 5.73 Å². The molecule has 12 heavy (non-hydrogen) atoms. The predicted octanol–water partition coefficient (Wildman–Crippen LogP) is 1.32. The van der Waals surface area contributed by atoms with Crippen LogP contribution in [0, 0.1) is 0 Å². The Morgan fingerprint density at radius 3 is 3.00 bits per heavy atom. The normalized spacial score (nSPS) is 27.5. The van der Waals surface area contributed by atoms with Gasteiger partial charge in [-0.1, -0.05) is 6.92 Å². The summed E-state index contributed by atoms with van der Waals surface area (Å²) < 4.78 is 5.50. The molecule has 1 rings (SSSR count). The summed E-state index contributed by atoms with van der Waals surface area (Å²) in [5.74, 6) is 0.734. The average Bonchev–Trinajstić information content (AvgIpc) is 2.56. The maximum atomic E-state index is 5.64. The van der Waals surface area contributed by atoms with E-state index in [2.05, 4.69) is 11.9 Å². The molecule has 0 saturated carbocycles. The number of nitrogens with zero attached hydrogens (tertiary/aromatic N) is 1. The summed E-state index contributed by atoms with van der Waals surface area (Å²) >= 11 is 0. The highest BCUT2D eigenvalue weighted by atomic mass is 16.5. The number of nitrogens with two attached hydrogens (primary N) is 1. The van der Waals surface area contributed by atoms with Crippen LogP contribution in [0.25, 0.3) is 0 Å². The molecule has 1 aliphatic heterocycles. The monoisotopic (exact) mass is 170 g/mol. The Kier molecular flexibility index (Phi) is 3.53. The van der Waals surface area contributed by atoms with Crippen LogP contribution in [0.2, 0.25) is 0 Å². The van der Waals surface area contributed by atoms with E-state index in [0.29, 0.717) is 6.10 Å². The Bertz CT molecular complexity index is 162. The predicted molar refractivity (Wildman–Crippen MR) is 50.3 cm³/mol. The van der Waals surface area contributed by atoms with Crippen molar-refractivity contribution in [2.45, 2.75) is 45.3 Å². The molecular weight excluding hydrogens is 152 g/mol. The van der Waals surface area contributed by atoms with Crippen molar-refractivity contribution in [2.24, 2.45) is 10.7 Å². The number of aliphatic imine (C=N–C) groups is 1. The Morgan fingerprint density at radius 1 is 1.75 bits per heavy atom. The molecule has 0 aliphatic carbocycles. The zero-order valence-electron chi connectivity index (χ0n) is 7.92. The molecule has 0 aromatic rings. The van der Waals surface area contributed by atoms with Gasteiger partial charge in [0.1, 0.15) is 0 Å². The number of hydrogen-bond donors (Lipinski definition) is 1. The van der Waals surface area contributed by atoms with Crippen LogP contribution >= 0.6 is 0 Å². The summed E-state index contributed by atoms with van der Waals surface area (Å²) in [4.78, 5) is 4.35. The maximum Gasteiger partial charge on any atom is 0.0938 e. The van der Waals surface area contributed by atoms with Crippen molar-refractivity contribution in [1.29, 1.82) is 0 Å². The van der Waals surface area contributed by atoms with Crippen LogP contribution in [-0.2, 0) is 4.74 Å². The largest absolute Gasteiger partial charge is 0.387 e. The highest BCUT2D eigenvalue weighted by Gasteiger charge is 2.21. The Labute approximate surface area is 74.0 Å². The summed E-state index contributed by atoms with van der Waals surface area (Å²) in [7, 11) is 0. The zero-order valence-corrected chi connectivity index (χ0v) is 7.92. The molecule has 0 aromatic carbocycles. The van der Waals surface area contributed by atoms with Crippen LogP contribution in [0.5, 0.6) is 0 Å². The maximum absolute atomic E-state index is 5.64.